The van der Waals surface area contributed by atoms with Crippen LogP contribution in [0, 0.1) is 0 Å². The minimum atomic E-state index is -0.541. The molecule has 0 radical (unpaired) electrons. The molecule has 1 amide bonds. The van der Waals surface area contributed by atoms with Crippen LogP contribution in [-0.4, -0.2) is 29.4 Å². The average molecular weight is 750 g/mol. The molecular weight excluding hydrogens is 727 g/mol. The summed E-state index contributed by atoms with van der Waals surface area (Å²) in [5.41, 5.74) is 7.29. The molecular formula is C31H23Br2Cl3N4O2. The third-order valence-corrected chi connectivity index (χ3v) is 8.50. The second-order valence-corrected chi connectivity index (χ2v) is 12.4. The quantitative estimate of drug-likeness (QED) is 0.149. The summed E-state index contributed by atoms with van der Waals surface area (Å²) in [5.74, 6) is -0.474. The molecule has 4 aromatic carbocycles. The van der Waals surface area contributed by atoms with E-state index in [1.807, 2.05) is 42.5 Å². The highest BCUT2D eigenvalue weighted by Gasteiger charge is 2.34. The Morgan fingerprint density at radius 3 is 2.40 bits per heavy atom. The first-order valence-electron chi connectivity index (χ1n) is 12.8. The maximum Gasteiger partial charge on any atom is 0.272 e. The Morgan fingerprint density at radius 2 is 1.67 bits per heavy atom. The third-order valence-electron chi connectivity index (χ3n) is 6.54. The predicted molar refractivity (Wildman–Crippen MR) is 179 cm³/mol. The summed E-state index contributed by atoms with van der Waals surface area (Å²) >= 11 is 25.8. The van der Waals surface area contributed by atoms with E-state index < -0.39 is 6.17 Å². The SMILES string of the molecule is O=C(/C=C/c1ccc(Cl)cc1)CNN1C(=O)c2cc(Br)cc(Br)c2NC1Cc1ccccc1Nc1c(Cl)cccc1Cl. The number of rotatable bonds is 9. The fourth-order valence-electron chi connectivity index (χ4n) is 4.48. The number of hydrogen-bond acceptors (Lipinski definition) is 5. The summed E-state index contributed by atoms with van der Waals surface area (Å²) in [5, 5.41) is 9.88. The van der Waals surface area contributed by atoms with Crippen LogP contribution in [0.5, 0.6) is 0 Å². The average Bonchev–Trinajstić information content (AvgIpc) is 2.96. The normalized spacial score (nSPS) is 14.5. The zero-order valence-corrected chi connectivity index (χ0v) is 27.2. The summed E-state index contributed by atoms with van der Waals surface area (Å²) in [6, 6.07) is 23.8. The zero-order valence-electron chi connectivity index (χ0n) is 21.8. The maximum atomic E-state index is 13.8. The lowest BCUT2D eigenvalue weighted by Crippen LogP contribution is -2.57. The van der Waals surface area contributed by atoms with Crippen molar-refractivity contribution >= 4 is 101 Å². The van der Waals surface area contributed by atoms with E-state index >= 15 is 0 Å². The highest BCUT2D eigenvalue weighted by Crippen LogP contribution is 2.37. The standard InChI is InChI=1S/C31H23Br2Cl3N4O2/c32-20-15-23-29(24(33)16-20)39-28(14-19-4-1-2-7-27(19)38-30-25(35)5-3-6-26(30)36)40(31(23)42)37-17-22(41)13-10-18-8-11-21(34)12-9-18/h1-13,15-16,28,37-39H,14,17H2/b13-10+. The van der Waals surface area contributed by atoms with E-state index in [1.54, 1.807) is 42.5 Å². The van der Waals surface area contributed by atoms with E-state index in [2.05, 4.69) is 47.9 Å². The molecule has 0 aliphatic carbocycles. The van der Waals surface area contributed by atoms with Gasteiger partial charge in [-0.3, -0.25) is 14.6 Å². The van der Waals surface area contributed by atoms with Crippen molar-refractivity contribution in [3.05, 3.63) is 126 Å². The number of anilines is 3. The molecule has 5 rings (SSSR count). The Hall–Kier alpha value is -2.85. The molecule has 0 spiro atoms. The monoisotopic (exact) mass is 746 g/mol. The molecule has 214 valence electrons. The van der Waals surface area contributed by atoms with Gasteiger partial charge in [0.2, 0.25) is 0 Å². The van der Waals surface area contributed by atoms with Gasteiger partial charge >= 0.3 is 0 Å². The van der Waals surface area contributed by atoms with Gasteiger partial charge in [0.1, 0.15) is 6.17 Å². The number of amides is 1. The second kappa shape index (κ2) is 13.6. The molecule has 6 nitrogen and oxygen atoms in total. The molecule has 1 aliphatic heterocycles. The highest BCUT2D eigenvalue weighted by molar-refractivity contribution is 9.11. The van der Waals surface area contributed by atoms with Gasteiger partial charge in [0.15, 0.2) is 5.78 Å². The molecule has 1 atom stereocenters. The van der Waals surface area contributed by atoms with Gasteiger partial charge in [-0.1, -0.05) is 93.2 Å². The molecule has 42 heavy (non-hydrogen) atoms. The van der Waals surface area contributed by atoms with Gasteiger partial charge in [-0.05, 0) is 75.6 Å². The van der Waals surface area contributed by atoms with Crippen LogP contribution in [0.3, 0.4) is 0 Å². The Bertz CT molecular complexity index is 1660. The van der Waals surface area contributed by atoms with E-state index in [4.69, 9.17) is 34.8 Å². The minimum Gasteiger partial charge on any atom is -0.362 e. The lowest BCUT2D eigenvalue weighted by atomic mass is 10.0. The van der Waals surface area contributed by atoms with Crippen molar-refractivity contribution in [2.24, 2.45) is 0 Å². The fourth-order valence-corrected chi connectivity index (χ4v) is 6.44. The molecule has 1 aliphatic rings. The zero-order chi connectivity index (χ0) is 29.8. The van der Waals surface area contributed by atoms with Crippen molar-refractivity contribution in [1.29, 1.82) is 0 Å². The van der Waals surface area contributed by atoms with Gasteiger partial charge in [0, 0.05) is 26.1 Å². The number of carbonyl (C=O) groups is 2. The Morgan fingerprint density at radius 1 is 0.952 bits per heavy atom. The largest absolute Gasteiger partial charge is 0.362 e. The molecule has 0 fully saturated rings. The van der Waals surface area contributed by atoms with E-state index in [1.165, 1.54) is 11.1 Å². The first-order chi connectivity index (χ1) is 20.2. The number of nitrogens with zero attached hydrogens (tertiary/aromatic N) is 1. The van der Waals surface area contributed by atoms with Crippen molar-refractivity contribution < 1.29 is 9.59 Å². The van der Waals surface area contributed by atoms with Gasteiger partial charge < -0.3 is 10.6 Å². The number of hydrogen-bond donors (Lipinski definition) is 3. The number of fused-ring (bicyclic) bond motifs is 1. The molecule has 0 aromatic heterocycles. The molecule has 0 bridgehead atoms. The first kappa shape index (κ1) is 30.6. The Kier molecular flexibility index (Phi) is 9.93. The summed E-state index contributed by atoms with van der Waals surface area (Å²) in [4.78, 5) is 26.6. The first-order valence-corrected chi connectivity index (χ1v) is 15.5. The molecule has 1 heterocycles. The van der Waals surface area contributed by atoms with Crippen LogP contribution in [0.1, 0.15) is 21.5 Å². The topological polar surface area (TPSA) is 73.5 Å². The van der Waals surface area contributed by atoms with Gasteiger partial charge in [-0.25, -0.2) is 5.43 Å². The smallest absolute Gasteiger partial charge is 0.272 e. The lowest BCUT2D eigenvalue weighted by Gasteiger charge is -2.38. The molecule has 1 unspecified atom stereocenters. The van der Waals surface area contributed by atoms with E-state index in [-0.39, 0.29) is 18.2 Å². The van der Waals surface area contributed by atoms with Gasteiger partial charge in [-0.2, -0.15) is 0 Å². The summed E-state index contributed by atoms with van der Waals surface area (Å²) in [7, 11) is 0. The Labute approximate surface area is 275 Å². The lowest BCUT2D eigenvalue weighted by molar-refractivity contribution is -0.114. The van der Waals surface area contributed by atoms with Crippen LogP contribution in [0.15, 0.2) is 93.9 Å². The van der Waals surface area contributed by atoms with Crippen molar-refractivity contribution in [2.75, 3.05) is 17.2 Å². The molecule has 4 aromatic rings. The van der Waals surface area contributed by atoms with Crippen LogP contribution < -0.4 is 16.1 Å². The number of para-hydroxylation sites is 2. The number of carbonyl (C=O) groups excluding carboxylic acids is 2. The molecule has 0 saturated carbocycles. The minimum absolute atomic E-state index is 0.0896. The van der Waals surface area contributed by atoms with Crippen molar-refractivity contribution in [3.63, 3.8) is 0 Å². The van der Waals surface area contributed by atoms with Crippen LogP contribution in [0.25, 0.3) is 6.08 Å². The Balaban J connectivity index is 1.41. The predicted octanol–water partition coefficient (Wildman–Crippen LogP) is 9.14. The molecule has 11 heteroatoms. The van der Waals surface area contributed by atoms with Crippen LogP contribution in [0.2, 0.25) is 15.1 Å². The summed E-state index contributed by atoms with van der Waals surface area (Å²) in [6.07, 6.45) is 3.03. The summed E-state index contributed by atoms with van der Waals surface area (Å²) in [6.45, 7) is -0.0896. The van der Waals surface area contributed by atoms with E-state index in [0.29, 0.717) is 38.4 Å². The summed E-state index contributed by atoms with van der Waals surface area (Å²) < 4.78 is 1.48. The molecule has 0 saturated heterocycles. The van der Waals surface area contributed by atoms with Crippen molar-refractivity contribution in [2.45, 2.75) is 12.6 Å². The maximum absolute atomic E-state index is 13.8. The van der Waals surface area contributed by atoms with Crippen molar-refractivity contribution in [1.82, 2.24) is 10.4 Å². The van der Waals surface area contributed by atoms with Crippen LogP contribution >= 0.6 is 66.7 Å². The van der Waals surface area contributed by atoms with Crippen molar-refractivity contribution in [3.8, 4) is 0 Å². The second-order valence-electron chi connectivity index (χ2n) is 9.41. The van der Waals surface area contributed by atoms with Crippen LogP contribution in [0.4, 0.5) is 17.1 Å². The number of ketones is 1. The number of hydrazine groups is 1. The van der Waals surface area contributed by atoms with Gasteiger partial charge in [0.25, 0.3) is 5.91 Å². The van der Waals surface area contributed by atoms with Gasteiger partial charge in [0.05, 0.1) is 33.5 Å². The van der Waals surface area contributed by atoms with E-state index in [9.17, 15) is 9.59 Å². The highest BCUT2D eigenvalue weighted by atomic mass is 79.9. The number of halogens is 5. The number of benzene rings is 4. The van der Waals surface area contributed by atoms with E-state index in [0.717, 1.165) is 25.8 Å². The fraction of sp³-hybridized carbons (Fsp3) is 0.0968. The van der Waals surface area contributed by atoms with Gasteiger partial charge in [-0.15, -0.1) is 0 Å². The number of nitrogens with one attached hydrogen (secondary N) is 3. The van der Waals surface area contributed by atoms with Crippen LogP contribution in [-0.2, 0) is 11.2 Å². The molecule has 3 N–H and O–H groups in total. The third kappa shape index (κ3) is 7.19.